The Balaban J connectivity index is 0.00000138. The summed E-state index contributed by atoms with van der Waals surface area (Å²) < 4.78 is 4.86. The molecule has 1 saturated heterocycles. The average molecular weight is 789 g/mol. The molecule has 1 aliphatic heterocycles. The first-order valence-corrected chi connectivity index (χ1v) is 20.5. The van der Waals surface area contributed by atoms with Crippen LogP contribution in [-0.2, 0) is 41.6 Å². The Bertz CT molecular complexity index is 1920. The van der Waals surface area contributed by atoms with E-state index in [1.807, 2.05) is 12.1 Å². The number of carbonyl (C=O) groups is 1. The molecule has 2 aliphatic rings. The SMILES string of the molecule is CC(=O)[O-].CC(C)(C)c1cc(C=[N+]2[Co][N+](=Cc3cc(C(C)(C)C)cc(C(C)(C)c4ccccc4)c3O)[C@@H]3CCCC[C@H]32)c(O)c(C(C)(C)c2ccccc2)c1. The first kappa shape index (κ1) is 41.9. The fraction of sp³-hybridized carbons (Fsp3) is 0.438. The van der Waals surface area contributed by atoms with Gasteiger partial charge in [-0.15, -0.1) is 0 Å². The predicted octanol–water partition coefficient (Wildman–Crippen LogP) is 8.90. The molecule has 6 nitrogen and oxygen atoms in total. The number of nitrogens with zero attached hydrogens (tertiary/aromatic N) is 2. The Morgan fingerprint density at radius 3 is 1.25 bits per heavy atom. The molecule has 1 aliphatic carbocycles. The minimum atomic E-state index is -1.08. The number of phenolic OH excluding ortho intramolecular Hbond substituents is 2. The zero-order valence-electron chi connectivity index (χ0n) is 34.7. The second-order valence-electron chi connectivity index (χ2n) is 18.3. The molecule has 1 saturated carbocycles. The number of hydrogen-bond donors (Lipinski definition) is 2. The van der Waals surface area contributed by atoms with E-state index in [9.17, 15) is 10.2 Å². The van der Waals surface area contributed by atoms with E-state index in [4.69, 9.17) is 9.90 Å². The molecular formula is C48H61CoN2O4+. The molecule has 0 amide bonds. The Morgan fingerprint density at radius 1 is 0.618 bits per heavy atom. The molecule has 6 rings (SSSR count). The van der Waals surface area contributed by atoms with Gasteiger partial charge in [0, 0.05) is 5.97 Å². The molecule has 0 unspecified atom stereocenters. The van der Waals surface area contributed by atoms with Crippen molar-refractivity contribution in [2.45, 2.75) is 136 Å². The van der Waals surface area contributed by atoms with Crippen LogP contribution >= 0.6 is 0 Å². The summed E-state index contributed by atoms with van der Waals surface area (Å²) in [5, 5.41) is 33.0. The van der Waals surface area contributed by atoms with Crippen molar-refractivity contribution < 1.29 is 42.5 Å². The topological polar surface area (TPSA) is 86.6 Å². The number of carboxylic acids is 1. The predicted molar refractivity (Wildman–Crippen MR) is 218 cm³/mol. The number of benzene rings is 4. The molecule has 7 heteroatoms. The number of hydrogen-bond acceptors (Lipinski definition) is 4. The zero-order chi connectivity index (χ0) is 40.5. The maximum atomic E-state index is 12.1. The molecule has 0 radical (unpaired) electrons. The van der Waals surface area contributed by atoms with Crippen LogP contribution in [0.4, 0.5) is 0 Å². The van der Waals surface area contributed by atoms with Gasteiger partial charge in [0.2, 0.25) is 0 Å². The van der Waals surface area contributed by atoms with Crippen LogP contribution in [0.25, 0.3) is 0 Å². The molecule has 2 atom stereocenters. The molecule has 1 heterocycles. The van der Waals surface area contributed by atoms with E-state index >= 15 is 0 Å². The summed E-state index contributed by atoms with van der Waals surface area (Å²) in [6.45, 7) is 23.3. The number of carbonyl (C=O) groups excluding carboxylic acids is 1. The van der Waals surface area contributed by atoms with Gasteiger partial charge in [0.25, 0.3) is 0 Å². The number of carboxylic acid groups (broad SMARTS) is 1. The van der Waals surface area contributed by atoms with Gasteiger partial charge in [0.05, 0.1) is 0 Å². The average Bonchev–Trinajstić information content (AvgIpc) is 3.45. The van der Waals surface area contributed by atoms with Gasteiger partial charge < -0.3 is 9.90 Å². The van der Waals surface area contributed by atoms with E-state index in [0.717, 1.165) is 57.1 Å². The Labute approximate surface area is 336 Å². The van der Waals surface area contributed by atoms with E-state index in [2.05, 4.69) is 162 Å². The number of phenols is 2. The summed E-state index contributed by atoms with van der Waals surface area (Å²) in [5.74, 6) is -0.380. The second kappa shape index (κ2) is 16.1. The number of fused-ring (bicyclic) bond motifs is 1. The molecule has 2 fully saturated rings. The molecule has 295 valence electrons. The van der Waals surface area contributed by atoms with Crippen LogP contribution in [0, 0.1) is 0 Å². The standard InChI is InChI=1S/C46H58N2O2.C2H4O2.Co/c1-43(2,3)35-25-31(41(49)37(27-35)45(7,8)33-19-13-11-14-20-33)29-47-39-23-17-18-24-40(39)48-30-32-26-36(44(4,5)6)28-38(42(32)50)46(9,10)34-21-15-12-16-22-34;1-2(3)4;/h11-16,19-22,25-30,39-40,49-50H,17-18,23-24H2,1-10H3;1H3,(H,3,4);/q;;+2/p-1/t39-,40-;;/m1../s1. The van der Waals surface area contributed by atoms with Gasteiger partial charge in [-0.1, -0.05) is 0 Å². The number of aromatic hydroxyl groups is 2. The van der Waals surface area contributed by atoms with Gasteiger partial charge in [-0.2, -0.15) is 0 Å². The molecule has 0 aromatic heterocycles. The van der Waals surface area contributed by atoms with E-state index in [1.54, 1.807) is 0 Å². The van der Waals surface area contributed by atoms with Crippen LogP contribution < -0.4 is 5.11 Å². The van der Waals surface area contributed by atoms with Crippen LogP contribution in [0.3, 0.4) is 0 Å². The zero-order valence-corrected chi connectivity index (χ0v) is 35.7. The van der Waals surface area contributed by atoms with Gasteiger partial charge in [-0.05, 0) is 6.92 Å². The van der Waals surface area contributed by atoms with Crippen LogP contribution in [-0.4, -0.2) is 47.9 Å². The third-order valence-electron chi connectivity index (χ3n) is 11.3. The van der Waals surface area contributed by atoms with Gasteiger partial charge >= 0.3 is 315 Å². The fourth-order valence-corrected chi connectivity index (χ4v) is 9.28. The Kier molecular flexibility index (Phi) is 12.3. The molecule has 4 aromatic rings. The summed E-state index contributed by atoms with van der Waals surface area (Å²) in [4.78, 5) is 8.89. The molecule has 55 heavy (non-hydrogen) atoms. The van der Waals surface area contributed by atoms with Crippen LogP contribution in [0.15, 0.2) is 84.9 Å². The number of aliphatic carboxylic acids is 1. The normalized spacial score (nSPS) is 19.3. The maximum absolute atomic E-state index is 12.1. The van der Waals surface area contributed by atoms with Crippen molar-refractivity contribution >= 4 is 18.4 Å². The van der Waals surface area contributed by atoms with Crippen LogP contribution in [0.2, 0.25) is 0 Å². The van der Waals surface area contributed by atoms with Crippen LogP contribution in [0.5, 0.6) is 11.5 Å². The van der Waals surface area contributed by atoms with Crippen molar-refractivity contribution in [1.29, 1.82) is 0 Å². The summed E-state index contributed by atoms with van der Waals surface area (Å²) >= 11 is 1.07. The third kappa shape index (κ3) is 9.27. The summed E-state index contributed by atoms with van der Waals surface area (Å²) in [6, 6.07) is 30.4. The van der Waals surface area contributed by atoms with Crippen molar-refractivity contribution in [1.82, 2.24) is 0 Å². The molecule has 4 aromatic carbocycles. The van der Waals surface area contributed by atoms with E-state index < -0.39 is 5.97 Å². The van der Waals surface area contributed by atoms with Gasteiger partial charge in [0.15, 0.2) is 0 Å². The van der Waals surface area contributed by atoms with Crippen molar-refractivity contribution in [2.24, 2.45) is 0 Å². The summed E-state index contributed by atoms with van der Waals surface area (Å²) in [6.07, 6.45) is 8.99. The second-order valence-corrected chi connectivity index (χ2v) is 19.6. The van der Waals surface area contributed by atoms with Crippen molar-refractivity contribution in [3.8, 4) is 11.5 Å². The monoisotopic (exact) mass is 788 g/mol. The van der Waals surface area contributed by atoms with E-state index in [1.165, 1.54) is 35.1 Å². The van der Waals surface area contributed by atoms with Gasteiger partial charge in [-0.25, -0.2) is 0 Å². The van der Waals surface area contributed by atoms with E-state index in [0.29, 0.717) is 23.6 Å². The third-order valence-corrected chi connectivity index (χ3v) is 12.8. The molecule has 0 spiro atoms. The Morgan fingerprint density at radius 2 is 0.945 bits per heavy atom. The van der Waals surface area contributed by atoms with Crippen LogP contribution in [0.1, 0.15) is 146 Å². The molecule has 0 bridgehead atoms. The van der Waals surface area contributed by atoms with Crippen molar-refractivity contribution in [3.63, 3.8) is 0 Å². The van der Waals surface area contributed by atoms with Gasteiger partial charge in [0.1, 0.15) is 0 Å². The fourth-order valence-electron chi connectivity index (χ4n) is 7.66. The Hall–Kier alpha value is -4.20. The summed E-state index contributed by atoms with van der Waals surface area (Å²) in [5.41, 5.74) is 7.46. The van der Waals surface area contributed by atoms with Gasteiger partial charge in [-0.3, -0.25) is 0 Å². The van der Waals surface area contributed by atoms with E-state index in [-0.39, 0.29) is 21.7 Å². The number of rotatable bonds is 6. The summed E-state index contributed by atoms with van der Waals surface area (Å²) in [7, 11) is 0. The quantitative estimate of drug-likeness (QED) is 0.205. The molecular weight excluding hydrogens is 727 g/mol. The van der Waals surface area contributed by atoms with Crippen molar-refractivity contribution in [3.05, 3.63) is 129 Å². The van der Waals surface area contributed by atoms with Crippen molar-refractivity contribution in [2.75, 3.05) is 0 Å². The minimum absolute atomic E-state index is 0.0890. The first-order chi connectivity index (χ1) is 25.6. The molecule has 2 N–H and O–H groups in total. The first-order valence-electron chi connectivity index (χ1n) is 19.5.